The van der Waals surface area contributed by atoms with Crippen molar-refractivity contribution in [3.8, 4) is 5.75 Å². The number of guanidine groups is 1. The van der Waals surface area contributed by atoms with E-state index in [9.17, 15) is 0 Å². The first-order valence-corrected chi connectivity index (χ1v) is 10.2. The van der Waals surface area contributed by atoms with Crippen LogP contribution in [0.1, 0.15) is 22.4 Å². The maximum atomic E-state index is 5.92. The predicted octanol–water partition coefficient (Wildman–Crippen LogP) is 2.69. The van der Waals surface area contributed by atoms with Crippen LogP contribution in [-0.2, 0) is 13.0 Å². The van der Waals surface area contributed by atoms with Crippen molar-refractivity contribution < 1.29 is 4.74 Å². The second-order valence-corrected chi connectivity index (χ2v) is 7.82. The van der Waals surface area contributed by atoms with Crippen LogP contribution in [0.15, 0.2) is 35.5 Å². The van der Waals surface area contributed by atoms with E-state index in [1.54, 1.807) is 11.3 Å². The second-order valence-electron chi connectivity index (χ2n) is 6.50. The molecule has 148 valence electrons. The third kappa shape index (κ3) is 7.97. The number of benzene rings is 1. The molecule has 0 saturated heterocycles. The number of aliphatic imine (C=N–C) groups is 1. The largest absolute Gasteiger partial charge is 0.492 e. The zero-order valence-electron chi connectivity index (χ0n) is 16.8. The molecule has 0 radical (unpaired) electrons. The van der Waals surface area contributed by atoms with Crippen LogP contribution in [0.4, 0.5) is 0 Å². The minimum Gasteiger partial charge on any atom is -0.492 e. The summed E-state index contributed by atoms with van der Waals surface area (Å²) in [6.07, 6.45) is 2.82. The number of ether oxygens (including phenoxy) is 1. The Bertz CT molecular complexity index is 714. The Balaban J connectivity index is 1.91. The Morgan fingerprint density at radius 1 is 1.26 bits per heavy atom. The molecule has 7 heteroatoms. The van der Waals surface area contributed by atoms with Gasteiger partial charge in [-0.1, -0.05) is 18.2 Å². The van der Waals surface area contributed by atoms with Crippen molar-refractivity contribution >= 4 is 17.3 Å². The molecule has 1 heterocycles. The van der Waals surface area contributed by atoms with Crippen LogP contribution < -0.4 is 15.4 Å². The molecular formula is C20H31N5OS. The molecule has 0 amide bonds. The molecule has 0 unspecified atom stereocenters. The highest BCUT2D eigenvalue weighted by Crippen LogP contribution is 2.18. The van der Waals surface area contributed by atoms with Gasteiger partial charge in [-0.15, -0.1) is 11.3 Å². The Kier molecular flexibility index (Phi) is 9.07. The summed E-state index contributed by atoms with van der Waals surface area (Å²) >= 11 is 1.74. The number of nitrogens with one attached hydrogen (secondary N) is 2. The summed E-state index contributed by atoms with van der Waals surface area (Å²) in [5.74, 6) is 1.71. The van der Waals surface area contributed by atoms with Crippen LogP contribution in [0.3, 0.4) is 0 Å². The summed E-state index contributed by atoms with van der Waals surface area (Å²) in [7, 11) is 4.09. The SMILES string of the molecule is CCNC(=NCc1ccccc1OCCN(C)C)NCCc1ncc(C)s1. The van der Waals surface area contributed by atoms with Crippen LogP contribution in [0, 0.1) is 6.92 Å². The van der Waals surface area contributed by atoms with Gasteiger partial charge in [-0.25, -0.2) is 9.98 Å². The molecule has 0 atom stereocenters. The van der Waals surface area contributed by atoms with Gasteiger partial charge in [0.1, 0.15) is 12.4 Å². The fraction of sp³-hybridized carbons (Fsp3) is 0.500. The van der Waals surface area contributed by atoms with Gasteiger partial charge in [-0.05, 0) is 34.0 Å². The second kappa shape index (κ2) is 11.6. The van der Waals surface area contributed by atoms with E-state index in [1.807, 2.05) is 38.5 Å². The highest BCUT2D eigenvalue weighted by Gasteiger charge is 2.05. The van der Waals surface area contributed by atoms with Gasteiger partial charge in [0.15, 0.2) is 5.96 Å². The van der Waals surface area contributed by atoms with E-state index < -0.39 is 0 Å². The number of hydrogen-bond donors (Lipinski definition) is 2. The van der Waals surface area contributed by atoms with Crippen molar-refractivity contribution in [2.24, 2.45) is 4.99 Å². The number of aryl methyl sites for hydroxylation is 1. The smallest absolute Gasteiger partial charge is 0.191 e. The molecule has 0 aliphatic carbocycles. The standard InChI is InChI=1S/C20H31N5OS/c1-5-21-20(22-11-10-19-23-14-16(2)27-19)24-15-17-8-6-7-9-18(17)26-13-12-25(3)4/h6-9,14H,5,10-13,15H2,1-4H3,(H2,21,22,24). The molecule has 2 aromatic rings. The summed E-state index contributed by atoms with van der Waals surface area (Å²) in [4.78, 5) is 12.5. The van der Waals surface area contributed by atoms with E-state index in [0.717, 1.165) is 48.3 Å². The van der Waals surface area contributed by atoms with E-state index in [0.29, 0.717) is 13.2 Å². The Hall–Kier alpha value is -2.12. The van der Waals surface area contributed by atoms with E-state index in [1.165, 1.54) is 4.88 Å². The zero-order chi connectivity index (χ0) is 19.5. The van der Waals surface area contributed by atoms with Gasteiger partial charge in [0.2, 0.25) is 0 Å². The molecule has 0 aliphatic rings. The van der Waals surface area contributed by atoms with E-state index in [-0.39, 0.29) is 0 Å². The molecule has 2 rings (SSSR count). The highest BCUT2D eigenvalue weighted by molar-refractivity contribution is 7.11. The number of hydrogen-bond acceptors (Lipinski definition) is 5. The first-order valence-electron chi connectivity index (χ1n) is 9.37. The average molecular weight is 390 g/mol. The number of aromatic nitrogens is 1. The van der Waals surface area contributed by atoms with Gasteiger partial charge >= 0.3 is 0 Å². The van der Waals surface area contributed by atoms with Gasteiger partial charge in [0.25, 0.3) is 0 Å². The van der Waals surface area contributed by atoms with Crippen molar-refractivity contribution in [2.45, 2.75) is 26.8 Å². The summed E-state index contributed by atoms with van der Waals surface area (Å²) in [5, 5.41) is 7.83. The van der Waals surface area contributed by atoms with Crippen LogP contribution in [0.25, 0.3) is 0 Å². The molecular weight excluding hydrogens is 358 g/mol. The molecule has 2 N–H and O–H groups in total. The lowest BCUT2D eigenvalue weighted by Gasteiger charge is -2.14. The Morgan fingerprint density at radius 2 is 2.07 bits per heavy atom. The van der Waals surface area contributed by atoms with Gasteiger partial charge in [0.05, 0.1) is 11.6 Å². The lowest BCUT2D eigenvalue weighted by molar-refractivity contribution is 0.259. The topological polar surface area (TPSA) is 61.8 Å². The molecule has 0 aliphatic heterocycles. The fourth-order valence-electron chi connectivity index (χ4n) is 2.42. The number of para-hydroxylation sites is 1. The number of nitrogens with zero attached hydrogens (tertiary/aromatic N) is 3. The molecule has 27 heavy (non-hydrogen) atoms. The van der Waals surface area contributed by atoms with Gasteiger partial charge < -0.3 is 20.3 Å². The van der Waals surface area contributed by atoms with Gasteiger partial charge in [0, 0.05) is 42.7 Å². The van der Waals surface area contributed by atoms with Crippen LogP contribution in [-0.4, -0.2) is 56.2 Å². The molecule has 1 aromatic carbocycles. The molecule has 0 spiro atoms. The average Bonchev–Trinajstić information content (AvgIpc) is 3.05. The van der Waals surface area contributed by atoms with Gasteiger partial charge in [-0.3, -0.25) is 0 Å². The van der Waals surface area contributed by atoms with Crippen LogP contribution in [0.2, 0.25) is 0 Å². The number of likely N-dealkylation sites (N-methyl/N-ethyl adjacent to an activating group) is 1. The van der Waals surface area contributed by atoms with Crippen molar-refractivity contribution in [1.29, 1.82) is 0 Å². The van der Waals surface area contributed by atoms with Gasteiger partial charge in [-0.2, -0.15) is 0 Å². The monoisotopic (exact) mass is 389 g/mol. The van der Waals surface area contributed by atoms with Crippen molar-refractivity contribution in [3.63, 3.8) is 0 Å². The maximum absolute atomic E-state index is 5.92. The highest BCUT2D eigenvalue weighted by atomic mass is 32.1. The van der Waals surface area contributed by atoms with Crippen molar-refractivity contribution in [1.82, 2.24) is 20.5 Å². The van der Waals surface area contributed by atoms with E-state index in [4.69, 9.17) is 9.73 Å². The Morgan fingerprint density at radius 3 is 2.78 bits per heavy atom. The molecule has 1 aromatic heterocycles. The molecule has 0 fully saturated rings. The minimum atomic E-state index is 0.573. The first-order chi connectivity index (χ1) is 13.1. The number of rotatable bonds is 10. The summed E-state index contributed by atoms with van der Waals surface area (Å²) in [5.41, 5.74) is 1.09. The van der Waals surface area contributed by atoms with Crippen molar-refractivity contribution in [3.05, 3.63) is 45.9 Å². The van der Waals surface area contributed by atoms with Crippen LogP contribution >= 0.6 is 11.3 Å². The summed E-state index contributed by atoms with van der Waals surface area (Å²) in [6, 6.07) is 8.09. The molecule has 0 bridgehead atoms. The summed E-state index contributed by atoms with van der Waals surface area (Å²) in [6.45, 7) is 7.90. The quantitative estimate of drug-likeness (QED) is 0.483. The lowest BCUT2D eigenvalue weighted by atomic mass is 10.2. The summed E-state index contributed by atoms with van der Waals surface area (Å²) < 4.78 is 5.92. The minimum absolute atomic E-state index is 0.573. The van der Waals surface area contributed by atoms with Crippen LogP contribution in [0.5, 0.6) is 5.75 Å². The fourth-order valence-corrected chi connectivity index (χ4v) is 3.21. The maximum Gasteiger partial charge on any atom is 0.191 e. The molecule has 0 saturated carbocycles. The van der Waals surface area contributed by atoms with E-state index in [2.05, 4.69) is 40.4 Å². The Labute approximate surface area is 166 Å². The molecule has 6 nitrogen and oxygen atoms in total. The third-order valence-corrected chi connectivity index (χ3v) is 4.79. The first kappa shape index (κ1) is 21.2. The lowest BCUT2D eigenvalue weighted by Crippen LogP contribution is -2.38. The number of thiazole rings is 1. The normalized spacial score (nSPS) is 11.7. The third-order valence-electron chi connectivity index (χ3n) is 3.82. The zero-order valence-corrected chi connectivity index (χ0v) is 17.6. The van der Waals surface area contributed by atoms with Crippen molar-refractivity contribution in [2.75, 3.05) is 40.3 Å². The van der Waals surface area contributed by atoms with E-state index >= 15 is 0 Å². The predicted molar refractivity (Wildman–Crippen MR) is 114 cm³/mol.